The molecule has 4 nitrogen and oxygen atoms in total. The highest BCUT2D eigenvalue weighted by molar-refractivity contribution is 5.92. The Bertz CT molecular complexity index is 574. The molecule has 1 aliphatic carbocycles. The maximum atomic E-state index is 14.1. The summed E-state index contributed by atoms with van der Waals surface area (Å²) in [5.74, 6) is -2.18. The lowest BCUT2D eigenvalue weighted by molar-refractivity contribution is -0.145. The number of halogens is 1. The zero-order valence-corrected chi connectivity index (χ0v) is 12.2. The lowest BCUT2D eigenvalue weighted by atomic mass is 9.69. The van der Waals surface area contributed by atoms with Crippen LogP contribution < -0.4 is 0 Å². The van der Waals surface area contributed by atoms with E-state index in [0.717, 1.165) is 19.3 Å². The first-order chi connectivity index (χ1) is 9.92. The fourth-order valence-electron chi connectivity index (χ4n) is 3.06. The maximum Gasteiger partial charge on any atom is 0.338 e. The molecular weight excluding hydrogens is 275 g/mol. The molecule has 0 unspecified atom stereocenters. The van der Waals surface area contributed by atoms with E-state index in [1.807, 2.05) is 0 Å². The molecule has 1 fully saturated rings. The molecule has 1 N–H and O–H groups in total. The number of ether oxygens (including phenoxy) is 1. The molecule has 0 aliphatic heterocycles. The smallest absolute Gasteiger partial charge is 0.338 e. The Kier molecular flexibility index (Phi) is 4.30. The van der Waals surface area contributed by atoms with Crippen LogP contribution in [0.4, 0.5) is 4.39 Å². The molecule has 1 aromatic carbocycles. The van der Waals surface area contributed by atoms with E-state index in [9.17, 15) is 19.1 Å². The summed E-state index contributed by atoms with van der Waals surface area (Å²) in [5, 5.41) is 9.65. The highest BCUT2D eigenvalue weighted by Crippen LogP contribution is 2.40. The van der Waals surface area contributed by atoms with Gasteiger partial charge in [-0.3, -0.25) is 4.79 Å². The van der Waals surface area contributed by atoms with Crippen molar-refractivity contribution in [1.82, 2.24) is 0 Å². The van der Waals surface area contributed by atoms with E-state index in [4.69, 9.17) is 0 Å². The number of aliphatic carboxylic acids is 1. The van der Waals surface area contributed by atoms with Crippen LogP contribution in [0.15, 0.2) is 12.1 Å². The summed E-state index contributed by atoms with van der Waals surface area (Å²) >= 11 is 0. The molecule has 21 heavy (non-hydrogen) atoms. The van der Waals surface area contributed by atoms with Gasteiger partial charge in [0.1, 0.15) is 5.82 Å². The van der Waals surface area contributed by atoms with Crippen LogP contribution >= 0.6 is 0 Å². The van der Waals surface area contributed by atoms with Crippen molar-refractivity contribution in [3.05, 3.63) is 34.6 Å². The van der Waals surface area contributed by atoms with Crippen LogP contribution in [0.5, 0.6) is 0 Å². The van der Waals surface area contributed by atoms with E-state index < -0.39 is 23.2 Å². The minimum absolute atomic E-state index is 0.0960. The summed E-state index contributed by atoms with van der Waals surface area (Å²) in [6, 6.07) is 2.73. The first kappa shape index (κ1) is 15.5. The van der Waals surface area contributed by atoms with Gasteiger partial charge < -0.3 is 9.84 Å². The third-order valence-electron chi connectivity index (χ3n) is 4.42. The molecule has 1 aromatic rings. The fourth-order valence-corrected chi connectivity index (χ4v) is 3.06. The summed E-state index contributed by atoms with van der Waals surface area (Å²) in [7, 11) is 1.22. The number of esters is 1. The zero-order chi connectivity index (χ0) is 15.6. The number of carboxylic acids is 1. The summed E-state index contributed by atoms with van der Waals surface area (Å²) in [6.45, 7) is 1.49. The minimum Gasteiger partial charge on any atom is -0.481 e. The van der Waals surface area contributed by atoms with Crippen LogP contribution in [0.3, 0.4) is 0 Å². The van der Waals surface area contributed by atoms with Gasteiger partial charge >= 0.3 is 11.9 Å². The van der Waals surface area contributed by atoms with E-state index in [0.29, 0.717) is 18.4 Å². The monoisotopic (exact) mass is 294 g/mol. The van der Waals surface area contributed by atoms with Gasteiger partial charge in [-0.25, -0.2) is 9.18 Å². The van der Waals surface area contributed by atoms with Gasteiger partial charge in [0, 0.05) is 0 Å². The van der Waals surface area contributed by atoms with Crippen LogP contribution in [0.25, 0.3) is 0 Å². The molecular formula is C16H19FO4. The molecule has 114 valence electrons. The Morgan fingerprint density at radius 1 is 1.24 bits per heavy atom. The predicted molar refractivity (Wildman–Crippen MR) is 74.9 cm³/mol. The van der Waals surface area contributed by atoms with Crippen molar-refractivity contribution in [1.29, 1.82) is 0 Å². The molecule has 0 spiro atoms. The van der Waals surface area contributed by atoms with Gasteiger partial charge in [0.05, 0.1) is 18.1 Å². The average molecular weight is 294 g/mol. The molecule has 0 bridgehead atoms. The summed E-state index contributed by atoms with van der Waals surface area (Å²) in [6.07, 6.45) is 3.48. The molecule has 0 amide bonds. The Morgan fingerprint density at radius 3 is 2.38 bits per heavy atom. The molecule has 0 radical (unpaired) electrons. The van der Waals surface area contributed by atoms with Gasteiger partial charge in [0.2, 0.25) is 0 Å². The number of benzene rings is 1. The van der Waals surface area contributed by atoms with Gasteiger partial charge in [-0.2, -0.15) is 0 Å². The van der Waals surface area contributed by atoms with Crippen molar-refractivity contribution >= 4 is 11.9 Å². The largest absolute Gasteiger partial charge is 0.481 e. The lowest BCUT2D eigenvalue weighted by Crippen LogP contribution is -2.38. The Balaban J connectivity index is 2.59. The van der Waals surface area contributed by atoms with Gasteiger partial charge in [0.25, 0.3) is 0 Å². The van der Waals surface area contributed by atoms with Crippen molar-refractivity contribution in [2.75, 3.05) is 7.11 Å². The quantitative estimate of drug-likeness (QED) is 0.869. The molecule has 1 aliphatic rings. The molecule has 1 saturated carbocycles. The van der Waals surface area contributed by atoms with Crippen LogP contribution in [0.2, 0.25) is 0 Å². The number of carbonyl (C=O) groups is 2. The molecule has 0 heterocycles. The molecule has 0 aromatic heterocycles. The van der Waals surface area contributed by atoms with E-state index in [1.54, 1.807) is 0 Å². The second-order valence-electron chi connectivity index (χ2n) is 5.57. The van der Waals surface area contributed by atoms with Crippen molar-refractivity contribution in [2.24, 2.45) is 0 Å². The summed E-state index contributed by atoms with van der Waals surface area (Å²) < 4.78 is 18.8. The number of carbonyl (C=O) groups excluding carboxylic acids is 1. The maximum absolute atomic E-state index is 14.1. The molecule has 0 saturated heterocycles. The van der Waals surface area contributed by atoms with Crippen molar-refractivity contribution < 1.29 is 23.8 Å². The third kappa shape index (κ3) is 2.64. The molecule has 5 heteroatoms. The van der Waals surface area contributed by atoms with Crippen molar-refractivity contribution in [3.63, 3.8) is 0 Å². The SMILES string of the molecule is COC(=O)c1cc(C2(C(=O)O)CCCCC2)cc(F)c1C. The van der Waals surface area contributed by atoms with Crippen molar-refractivity contribution in [3.8, 4) is 0 Å². The van der Waals surface area contributed by atoms with E-state index in [-0.39, 0.29) is 11.1 Å². The highest BCUT2D eigenvalue weighted by Gasteiger charge is 2.42. The van der Waals surface area contributed by atoms with Crippen LogP contribution in [0.1, 0.15) is 53.6 Å². The Hall–Kier alpha value is -1.91. The first-order valence-electron chi connectivity index (χ1n) is 7.05. The Labute approximate surface area is 122 Å². The fraction of sp³-hybridized carbons (Fsp3) is 0.500. The zero-order valence-electron chi connectivity index (χ0n) is 12.2. The van der Waals surface area contributed by atoms with E-state index >= 15 is 0 Å². The summed E-state index contributed by atoms with van der Waals surface area (Å²) in [5.41, 5.74) is -0.464. The number of rotatable bonds is 3. The number of carboxylic acid groups (broad SMARTS) is 1. The Morgan fingerprint density at radius 2 is 1.86 bits per heavy atom. The second kappa shape index (κ2) is 5.84. The van der Waals surface area contributed by atoms with Crippen LogP contribution in [-0.4, -0.2) is 24.2 Å². The summed E-state index contributed by atoms with van der Waals surface area (Å²) in [4.78, 5) is 23.5. The van der Waals surface area contributed by atoms with E-state index in [2.05, 4.69) is 4.74 Å². The topological polar surface area (TPSA) is 63.6 Å². The first-order valence-corrected chi connectivity index (χ1v) is 7.05. The standard InChI is InChI=1S/C16H19FO4/c1-10-12(14(18)21-2)8-11(9-13(10)17)16(15(19)20)6-4-3-5-7-16/h8-9H,3-7H2,1-2H3,(H,19,20). The van der Waals surface area contributed by atoms with Crippen molar-refractivity contribution in [2.45, 2.75) is 44.4 Å². The second-order valence-corrected chi connectivity index (χ2v) is 5.57. The van der Waals surface area contributed by atoms with E-state index in [1.165, 1.54) is 26.2 Å². The lowest BCUT2D eigenvalue weighted by Gasteiger charge is -2.34. The van der Waals surface area contributed by atoms with Gasteiger partial charge in [-0.1, -0.05) is 19.3 Å². The normalized spacial score (nSPS) is 17.3. The average Bonchev–Trinajstić information content (AvgIpc) is 2.49. The number of hydrogen-bond donors (Lipinski definition) is 1. The predicted octanol–water partition coefficient (Wildman–Crippen LogP) is 3.21. The van der Waals surface area contributed by atoms with Gasteiger partial charge in [-0.05, 0) is 43.0 Å². The number of methoxy groups -OCH3 is 1. The molecule has 0 atom stereocenters. The minimum atomic E-state index is -1.10. The third-order valence-corrected chi connectivity index (χ3v) is 4.42. The molecule has 2 rings (SSSR count). The van der Waals surface area contributed by atoms with Crippen LogP contribution in [-0.2, 0) is 14.9 Å². The van der Waals surface area contributed by atoms with Crippen LogP contribution in [0, 0.1) is 12.7 Å². The van der Waals surface area contributed by atoms with Gasteiger partial charge in [-0.15, -0.1) is 0 Å². The number of hydrogen-bond acceptors (Lipinski definition) is 3. The van der Waals surface area contributed by atoms with Gasteiger partial charge in [0.15, 0.2) is 0 Å². The highest BCUT2D eigenvalue weighted by atomic mass is 19.1.